The molecule has 0 bridgehead atoms. The van der Waals surface area contributed by atoms with E-state index in [9.17, 15) is 9.59 Å². The van der Waals surface area contributed by atoms with Crippen LogP contribution in [0.5, 0.6) is 0 Å². The second-order valence-corrected chi connectivity index (χ2v) is 3.52. The van der Waals surface area contributed by atoms with Gasteiger partial charge < -0.3 is 15.8 Å². The highest BCUT2D eigenvalue weighted by atomic mass is 16.5. The minimum absolute atomic E-state index is 0.123. The Morgan fingerprint density at radius 3 is 2.36 bits per heavy atom. The van der Waals surface area contributed by atoms with Gasteiger partial charge in [0.15, 0.2) is 0 Å². The number of nitrogens with one attached hydrogen (secondary N) is 1. The van der Waals surface area contributed by atoms with Gasteiger partial charge in [-0.2, -0.15) is 0 Å². The topological polar surface area (TPSA) is 81.4 Å². The number of carbonyl (C=O) groups excluding carboxylic acids is 2. The molecule has 0 aliphatic rings. The SMILES string of the molecule is CC(C)COC(=O)[C@H](C)NC(=O)CN. The number of nitrogens with two attached hydrogens (primary N) is 1. The van der Waals surface area contributed by atoms with Gasteiger partial charge in [-0.25, -0.2) is 4.79 Å². The molecule has 0 aromatic carbocycles. The zero-order valence-corrected chi connectivity index (χ0v) is 8.87. The summed E-state index contributed by atoms with van der Waals surface area (Å²) in [5, 5.41) is 2.41. The summed E-state index contributed by atoms with van der Waals surface area (Å²) in [4.78, 5) is 22.0. The molecule has 3 N–H and O–H groups in total. The molecular formula is C9H18N2O3. The molecule has 0 fully saturated rings. The first-order valence-electron chi connectivity index (χ1n) is 4.63. The molecule has 0 aromatic rings. The van der Waals surface area contributed by atoms with Crippen molar-refractivity contribution in [3.63, 3.8) is 0 Å². The number of ether oxygens (including phenoxy) is 1. The lowest BCUT2D eigenvalue weighted by Gasteiger charge is -2.13. The van der Waals surface area contributed by atoms with Crippen LogP contribution in [0.1, 0.15) is 20.8 Å². The van der Waals surface area contributed by atoms with Gasteiger partial charge in [0.25, 0.3) is 0 Å². The van der Waals surface area contributed by atoms with E-state index in [0.717, 1.165) is 0 Å². The number of hydrogen-bond acceptors (Lipinski definition) is 4. The minimum atomic E-state index is -0.634. The van der Waals surface area contributed by atoms with Gasteiger partial charge in [-0.05, 0) is 12.8 Å². The maximum Gasteiger partial charge on any atom is 0.328 e. The second-order valence-electron chi connectivity index (χ2n) is 3.52. The molecule has 0 saturated carbocycles. The summed E-state index contributed by atoms with van der Waals surface area (Å²) in [5.74, 6) is -0.504. The molecule has 0 unspecified atom stereocenters. The molecule has 0 saturated heterocycles. The quantitative estimate of drug-likeness (QED) is 0.597. The highest BCUT2D eigenvalue weighted by molar-refractivity contribution is 5.85. The summed E-state index contributed by atoms with van der Waals surface area (Å²) >= 11 is 0. The first kappa shape index (κ1) is 12.9. The van der Waals surface area contributed by atoms with Gasteiger partial charge in [0.05, 0.1) is 13.2 Å². The average molecular weight is 202 g/mol. The van der Waals surface area contributed by atoms with E-state index in [-0.39, 0.29) is 18.4 Å². The third kappa shape index (κ3) is 5.53. The van der Waals surface area contributed by atoms with Crippen LogP contribution in [0.3, 0.4) is 0 Å². The van der Waals surface area contributed by atoms with Crippen molar-refractivity contribution in [1.29, 1.82) is 0 Å². The molecule has 82 valence electrons. The molecule has 0 aromatic heterocycles. The van der Waals surface area contributed by atoms with Crippen LogP contribution in [0.15, 0.2) is 0 Å². The van der Waals surface area contributed by atoms with Crippen LogP contribution in [-0.2, 0) is 14.3 Å². The van der Waals surface area contributed by atoms with Crippen LogP contribution < -0.4 is 11.1 Å². The molecule has 1 atom stereocenters. The molecular weight excluding hydrogens is 184 g/mol. The van der Waals surface area contributed by atoms with Crippen LogP contribution in [-0.4, -0.2) is 31.1 Å². The Morgan fingerprint density at radius 1 is 1.36 bits per heavy atom. The van der Waals surface area contributed by atoms with Gasteiger partial charge >= 0.3 is 5.97 Å². The van der Waals surface area contributed by atoms with Crippen molar-refractivity contribution in [2.75, 3.05) is 13.2 Å². The van der Waals surface area contributed by atoms with Crippen molar-refractivity contribution in [2.24, 2.45) is 11.7 Å². The number of carbonyl (C=O) groups is 2. The standard InChI is InChI=1S/C9H18N2O3/c1-6(2)5-14-9(13)7(3)11-8(12)4-10/h6-7H,4-5,10H2,1-3H3,(H,11,12)/t7-/m0/s1. The summed E-state index contributed by atoms with van der Waals surface area (Å²) in [7, 11) is 0. The Balaban J connectivity index is 3.82. The van der Waals surface area contributed by atoms with Gasteiger partial charge in [-0.15, -0.1) is 0 Å². The number of hydrogen-bond donors (Lipinski definition) is 2. The average Bonchev–Trinajstić information content (AvgIpc) is 2.13. The third-order valence-corrected chi connectivity index (χ3v) is 1.48. The van der Waals surface area contributed by atoms with Crippen molar-refractivity contribution in [3.05, 3.63) is 0 Å². The lowest BCUT2D eigenvalue weighted by Crippen LogP contribution is -2.42. The molecule has 0 radical (unpaired) electrons. The smallest absolute Gasteiger partial charge is 0.328 e. The van der Waals surface area contributed by atoms with E-state index in [4.69, 9.17) is 10.5 Å². The van der Waals surface area contributed by atoms with E-state index in [1.807, 2.05) is 13.8 Å². The van der Waals surface area contributed by atoms with E-state index in [1.165, 1.54) is 0 Å². The molecule has 0 heterocycles. The molecule has 0 aliphatic heterocycles. The normalized spacial score (nSPS) is 12.4. The van der Waals surface area contributed by atoms with Gasteiger partial charge in [0.2, 0.25) is 5.91 Å². The minimum Gasteiger partial charge on any atom is -0.464 e. The van der Waals surface area contributed by atoms with Gasteiger partial charge in [-0.3, -0.25) is 4.79 Å². The molecule has 5 heteroatoms. The number of amides is 1. The Bertz CT molecular complexity index is 204. The van der Waals surface area contributed by atoms with Crippen molar-refractivity contribution in [2.45, 2.75) is 26.8 Å². The zero-order chi connectivity index (χ0) is 11.1. The summed E-state index contributed by atoms with van der Waals surface area (Å²) in [6.45, 7) is 5.69. The van der Waals surface area contributed by atoms with Crippen molar-refractivity contribution >= 4 is 11.9 Å². The van der Waals surface area contributed by atoms with E-state index in [0.29, 0.717) is 6.61 Å². The molecule has 1 amide bonds. The first-order valence-corrected chi connectivity index (χ1v) is 4.63. The summed E-state index contributed by atoms with van der Waals surface area (Å²) in [5.41, 5.74) is 5.08. The monoisotopic (exact) mass is 202 g/mol. The van der Waals surface area contributed by atoms with E-state index in [1.54, 1.807) is 6.92 Å². The van der Waals surface area contributed by atoms with E-state index in [2.05, 4.69) is 5.32 Å². The predicted molar refractivity (Wildman–Crippen MR) is 52.5 cm³/mol. The summed E-state index contributed by atoms with van der Waals surface area (Å²) in [6, 6.07) is -0.634. The predicted octanol–water partition coefficient (Wildman–Crippen LogP) is -0.351. The fourth-order valence-corrected chi connectivity index (χ4v) is 0.733. The summed E-state index contributed by atoms with van der Waals surface area (Å²) in [6.07, 6.45) is 0. The lowest BCUT2D eigenvalue weighted by molar-refractivity contribution is -0.148. The zero-order valence-electron chi connectivity index (χ0n) is 8.87. The maximum atomic E-state index is 11.2. The summed E-state index contributed by atoms with van der Waals surface area (Å²) < 4.78 is 4.92. The Kier molecular flexibility index (Phi) is 5.87. The van der Waals surface area contributed by atoms with Crippen LogP contribution >= 0.6 is 0 Å². The van der Waals surface area contributed by atoms with Crippen molar-refractivity contribution < 1.29 is 14.3 Å². The molecule has 0 aliphatic carbocycles. The molecule has 0 spiro atoms. The van der Waals surface area contributed by atoms with E-state index < -0.39 is 12.0 Å². The Labute approximate surface area is 84.0 Å². The molecule has 5 nitrogen and oxygen atoms in total. The molecule has 0 rings (SSSR count). The van der Waals surface area contributed by atoms with Crippen LogP contribution in [0.25, 0.3) is 0 Å². The van der Waals surface area contributed by atoms with Gasteiger partial charge in [0.1, 0.15) is 6.04 Å². The van der Waals surface area contributed by atoms with Crippen LogP contribution in [0, 0.1) is 5.92 Å². The van der Waals surface area contributed by atoms with Gasteiger partial charge in [-0.1, -0.05) is 13.8 Å². The molecule has 14 heavy (non-hydrogen) atoms. The van der Waals surface area contributed by atoms with Gasteiger partial charge in [0, 0.05) is 0 Å². The largest absolute Gasteiger partial charge is 0.464 e. The van der Waals surface area contributed by atoms with Crippen molar-refractivity contribution in [1.82, 2.24) is 5.32 Å². The fourth-order valence-electron chi connectivity index (χ4n) is 0.733. The maximum absolute atomic E-state index is 11.2. The second kappa shape index (κ2) is 6.37. The highest BCUT2D eigenvalue weighted by Gasteiger charge is 2.16. The first-order chi connectivity index (χ1) is 6.47. The Morgan fingerprint density at radius 2 is 1.93 bits per heavy atom. The third-order valence-electron chi connectivity index (χ3n) is 1.48. The van der Waals surface area contributed by atoms with Crippen LogP contribution in [0.4, 0.5) is 0 Å². The lowest BCUT2D eigenvalue weighted by atomic mass is 10.2. The van der Waals surface area contributed by atoms with Crippen molar-refractivity contribution in [3.8, 4) is 0 Å². The fraction of sp³-hybridized carbons (Fsp3) is 0.778. The van der Waals surface area contributed by atoms with Crippen LogP contribution in [0.2, 0.25) is 0 Å². The number of rotatable bonds is 5. The van der Waals surface area contributed by atoms with E-state index >= 15 is 0 Å². The highest BCUT2D eigenvalue weighted by Crippen LogP contribution is 1.95. The number of esters is 1. The Hall–Kier alpha value is -1.10.